The minimum atomic E-state index is -0.109. The van der Waals surface area contributed by atoms with Crippen LogP contribution in [0, 0.1) is 0 Å². The first kappa shape index (κ1) is 16.6. The molecule has 130 valence electrons. The lowest BCUT2D eigenvalue weighted by Gasteiger charge is -2.29. The summed E-state index contributed by atoms with van der Waals surface area (Å²) >= 11 is 6.02. The topological polar surface area (TPSA) is 42.4 Å². The van der Waals surface area contributed by atoms with E-state index in [2.05, 4.69) is 11.1 Å². The van der Waals surface area contributed by atoms with Crippen molar-refractivity contribution in [1.29, 1.82) is 0 Å². The van der Waals surface area contributed by atoms with Crippen molar-refractivity contribution in [2.75, 3.05) is 11.4 Å². The van der Waals surface area contributed by atoms with Gasteiger partial charge in [0, 0.05) is 23.5 Å². The van der Waals surface area contributed by atoms with Crippen LogP contribution in [0.4, 0.5) is 5.69 Å². The van der Waals surface area contributed by atoms with E-state index in [0.29, 0.717) is 22.9 Å². The van der Waals surface area contributed by atoms with Gasteiger partial charge in [0.05, 0.1) is 0 Å². The molecule has 0 atom stereocenters. The zero-order chi connectivity index (χ0) is 17.9. The van der Waals surface area contributed by atoms with Crippen molar-refractivity contribution in [2.24, 2.45) is 0 Å². The number of hydrogen-bond acceptors (Lipinski definition) is 3. The highest BCUT2D eigenvalue weighted by Crippen LogP contribution is 2.31. The quantitative estimate of drug-likeness (QED) is 0.647. The summed E-state index contributed by atoms with van der Waals surface area (Å²) in [7, 11) is 0. The maximum Gasteiger partial charge on any atom is 0.263 e. The fraction of sp³-hybridized carbons (Fsp3) is 0.143. The number of pyridine rings is 1. The highest BCUT2D eigenvalue weighted by Gasteiger charge is 2.26. The van der Waals surface area contributed by atoms with Gasteiger partial charge in [0.15, 0.2) is 0 Å². The molecule has 4 nitrogen and oxygen atoms in total. The zero-order valence-corrected chi connectivity index (χ0v) is 14.8. The van der Waals surface area contributed by atoms with Crippen LogP contribution in [0.3, 0.4) is 0 Å². The van der Waals surface area contributed by atoms with Crippen LogP contribution in [0.25, 0.3) is 0 Å². The van der Waals surface area contributed by atoms with Gasteiger partial charge in [-0.25, -0.2) is 4.98 Å². The number of rotatable bonds is 3. The minimum Gasteiger partial charge on any atom is -0.438 e. The first-order chi connectivity index (χ1) is 12.7. The molecular formula is C21H17ClN2O2. The fourth-order valence-corrected chi connectivity index (χ4v) is 3.35. The van der Waals surface area contributed by atoms with Crippen molar-refractivity contribution >= 4 is 23.2 Å². The van der Waals surface area contributed by atoms with Gasteiger partial charge in [-0.15, -0.1) is 0 Å². The second kappa shape index (κ2) is 7.18. The molecule has 0 fully saturated rings. The monoisotopic (exact) mass is 364 g/mol. The van der Waals surface area contributed by atoms with Crippen molar-refractivity contribution in [3.05, 3.63) is 83.0 Å². The number of aryl methyl sites for hydroxylation is 1. The lowest BCUT2D eigenvalue weighted by atomic mass is 10.0. The molecule has 0 N–H and O–H groups in total. The van der Waals surface area contributed by atoms with E-state index < -0.39 is 0 Å². The minimum absolute atomic E-state index is 0.109. The molecule has 0 aliphatic carbocycles. The third-order valence-corrected chi connectivity index (χ3v) is 4.60. The van der Waals surface area contributed by atoms with Gasteiger partial charge < -0.3 is 9.64 Å². The van der Waals surface area contributed by atoms with E-state index in [0.717, 1.165) is 18.5 Å². The van der Waals surface area contributed by atoms with Crippen molar-refractivity contribution < 1.29 is 9.53 Å². The van der Waals surface area contributed by atoms with Crippen LogP contribution < -0.4 is 9.64 Å². The van der Waals surface area contributed by atoms with Crippen LogP contribution in [0.15, 0.2) is 66.9 Å². The Bertz CT molecular complexity index is 958. The lowest BCUT2D eigenvalue weighted by Crippen LogP contribution is -2.35. The number of benzene rings is 2. The molecule has 0 saturated carbocycles. The average molecular weight is 365 g/mol. The number of anilines is 1. The summed E-state index contributed by atoms with van der Waals surface area (Å²) < 4.78 is 5.85. The zero-order valence-electron chi connectivity index (χ0n) is 14.1. The summed E-state index contributed by atoms with van der Waals surface area (Å²) in [5.74, 6) is 0.717. The number of fused-ring (bicyclic) bond motifs is 1. The smallest absolute Gasteiger partial charge is 0.263 e. The van der Waals surface area contributed by atoms with Gasteiger partial charge in [-0.2, -0.15) is 0 Å². The molecule has 2 aromatic carbocycles. The molecule has 0 saturated heterocycles. The predicted molar refractivity (Wildman–Crippen MR) is 102 cm³/mol. The summed E-state index contributed by atoms with van der Waals surface area (Å²) in [6.45, 7) is 0.682. The molecular weight excluding hydrogens is 348 g/mol. The third kappa shape index (κ3) is 3.28. The molecule has 2 heterocycles. The molecule has 0 spiro atoms. The maximum absolute atomic E-state index is 13.2. The number of nitrogens with zero attached hydrogens (tertiary/aromatic N) is 2. The van der Waals surface area contributed by atoms with E-state index in [-0.39, 0.29) is 11.8 Å². The molecule has 0 bridgehead atoms. The number of ether oxygens (including phenoxy) is 1. The molecule has 1 aromatic heterocycles. The second-order valence-corrected chi connectivity index (χ2v) is 6.54. The van der Waals surface area contributed by atoms with Crippen molar-refractivity contribution in [3.8, 4) is 11.6 Å². The molecule has 5 heteroatoms. The van der Waals surface area contributed by atoms with Crippen molar-refractivity contribution in [1.82, 2.24) is 4.98 Å². The van der Waals surface area contributed by atoms with Gasteiger partial charge >= 0.3 is 0 Å². The molecule has 1 aliphatic rings. The normalized spacial score (nSPS) is 13.2. The second-order valence-electron chi connectivity index (χ2n) is 6.10. The fourth-order valence-electron chi connectivity index (χ4n) is 3.17. The van der Waals surface area contributed by atoms with Crippen LogP contribution in [0.1, 0.15) is 22.3 Å². The molecule has 4 rings (SSSR count). The maximum atomic E-state index is 13.2. The SMILES string of the molecule is O=C(c1cccnc1Oc1cccc(Cl)c1)N1CCCc2ccccc21. The number of amides is 1. The third-order valence-electron chi connectivity index (χ3n) is 4.37. The van der Waals surface area contributed by atoms with Crippen LogP contribution >= 0.6 is 11.6 Å². The summed E-state index contributed by atoms with van der Waals surface area (Å²) in [6.07, 6.45) is 3.53. The lowest BCUT2D eigenvalue weighted by molar-refractivity contribution is 0.0982. The van der Waals surface area contributed by atoms with Gasteiger partial charge in [-0.1, -0.05) is 35.9 Å². The first-order valence-electron chi connectivity index (χ1n) is 8.50. The molecule has 1 aliphatic heterocycles. The highest BCUT2D eigenvalue weighted by molar-refractivity contribution is 6.30. The van der Waals surface area contributed by atoms with Gasteiger partial charge in [-0.05, 0) is 54.8 Å². The Morgan fingerprint density at radius 2 is 1.96 bits per heavy atom. The Hall–Kier alpha value is -2.85. The Labute approximate surface area is 157 Å². The van der Waals surface area contributed by atoms with Crippen molar-refractivity contribution in [2.45, 2.75) is 12.8 Å². The average Bonchev–Trinajstić information content (AvgIpc) is 2.67. The van der Waals surface area contributed by atoms with E-state index in [4.69, 9.17) is 16.3 Å². The largest absolute Gasteiger partial charge is 0.438 e. The van der Waals surface area contributed by atoms with Crippen LogP contribution in [-0.4, -0.2) is 17.4 Å². The van der Waals surface area contributed by atoms with E-state index in [1.165, 1.54) is 5.56 Å². The summed E-state index contributed by atoms with van der Waals surface area (Å²) in [5.41, 5.74) is 2.58. The van der Waals surface area contributed by atoms with Gasteiger partial charge in [0.1, 0.15) is 11.3 Å². The van der Waals surface area contributed by atoms with Crippen LogP contribution in [-0.2, 0) is 6.42 Å². The number of carbonyl (C=O) groups excluding carboxylic acids is 1. The van der Waals surface area contributed by atoms with Gasteiger partial charge in [-0.3, -0.25) is 4.79 Å². The molecule has 3 aromatic rings. The number of halogens is 1. The van der Waals surface area contributed by atoms with Crippen LogP contribution in [0.2, 0.25) is 5.02 Å². The molecule has 1 amide bonds. The Kier molecular flexibility index (Phi) is 4.59. The Morgan fingerprint density at radius 1 is 1.08 bits per heavy atom. The highest BCUT2D eigenvalue weighted by atomic mass is 35.5. The number of carbonyl (C=O) groups is 1. The van der Waals surface area contributed by atoms with Crippen LogP contribution in [0.5, 0.6) is 11.6 Å². The molecule has 26 heavy (non-hydrogen) atoms. The number of para-hydroxylation sites is 1. The standard InChI is InChI=1S/C21H17ClN2O2/c22-16-8-3-9-17(14-16)26-20-18(10-4-12-23-20)21(25)24-13-5-7-15-6-1-2-11-19(15)24/h1-4,6,8-12,14H,5,7,13H2. The van der Waals surface area contributed by atoms with Gasteiger partial charge in [0.2, 0.25) is 5.88 Å². The molecule has 0 radical (unpaired) electrons. The van der Waals surface area contributed by atoms with Crippen molar-refractivity contribution in [3.63, 3.8) is 0 Å². The van der Waals surface area contributed by atoms with E-state index in [9.17, 15) is 4.79 Å². The number of aromatic nitrogens is 1. The number of hydrogen-bond donors (Lipinski definition) is 0. The first-order valence-corrected chi connectivity index (χ1v) is 8.88. The molecule has 0 unspecified atom stereocenters. The van der Waals surface area contributed by atoms with E-state index >= 15 is 0 Å². The Morgan fingerprint density at radius 3 is 2.85 bits per heavy atom. The summed E-state index contributed by atoms with van der Waals surface area (Å²) in [6, 6.07) is 18.5. The van der Waals surface area contributed by atoms with E-state index in [1.54, 1.807) is 47.5 Å². The van der Waals surface area contributed by atoms with Gasteiger partial charge in [0.25, 0.3) is 5.91 Å². The Balaban J connectivity index is 1.68. The summed E-state index contributed by atoms with van der Waals surface area (Å²) in [4.78, 5) is 19.3. The summed E-state index contributed by atoms with van der Waals surface area (Å²) in [5, 5.41) is 0.566. The van der Waals surface area contributed by atoms with E-state index in [1.807, 2.05) is 18.2 Å². The predicted octanol–water partition coefficient (Wildman–Crippen LogP) is 5.12.